The van der Waals surface area contributed by atoms with Gasteiger partial charge in [0.2, 0.25) is 5.91 Å². The maximum absolute atomic E-state index is 12.7. The molecule has 1 N–H and O–H groups in total. The van der Waals surface area contributed by atoms with Gasteiger partial charge in [0.25, 0.3) is 0 Å². The molecule has 1 aliphatic rings. The number of halogens is 1. The molecule has 1 amide bonds. The van der Waals surface area contributed by atoms with E-state index in [2.05, 4.69) is 4.98 Å². The zero-order chi connectivity index (χ0) is 16.4. The third-order valence-corrected chi connectivity index (χ3v) is 4.70. The first-order valence-corrected chi connectivity index (χ1v) is 8.07. The average Bonchev–Trinajstić information content (AvgIpc) is 3.12. The molecular formula is C17H21ClN2O3. The number of nitrogens with zero attached hydrogens (tertiary/aromatic N) is 1. The number of fused-ring (bicyclic) bond motifs is 1. The van der Waals surface area contributed by atoms with E-state index in [0.29, 0.717) is 24.6 Å². The normalized spacial score (nSPS) is 21.3. The molecule has 1 fully saturated rings. The largest absolute Gasteiger partial charge is 0.383 e. The highest BCUT2D eigenvalue weighted by Gasteiger charge is 2.35. The summed E-state index contributed by atoms with van der Waals surface area (Å²) in [6, 6.07) is 5.74. The van der Waals surface area contributed by atoms with Gasteiger partial charge >= 0.3 is 0 Å². The number of H-pyrrole nitrogens is 1. The minimum atomic E-state index is 0.0806. The number of aromatic amines is 1. The average molecular weight is 337 g/mol. The van der Waals surface area contributed by atoms with Crippen molar-refractivity contribution in [3.8, 4) is 0 Å². The van der Waals surface area contributed by atoms with Crippen LogP contribution in [0.4, 0.5) is 0 Å². The number of aromatic nitrogens is 1. The SMILES string of the molecule is COC[C@@H]1C[C@H](OC)CN1C(=O)Cc1c[nH]c2cc(Cl)ccc12. The number of hydrogen-bond donors (Lipinski definition) is 1. The van der Waals surface area contributed by atoms with Crippen molar-refractivity contribution < 1.29 is 14.3 Å². The molecule has 1 aromatic carbocycles. The van der Waals surface area contributed by atoms with Crippen LogP contribution >= 0.6 is 11.6 Å². The van der Waals surface area contributed by atoms with E-state index in [0.717, 1.165) is 22.9 Å². The molecule has 23 heavy (non-hydrogen) atoms. The van der Waals surface area contributed by atoms with Gasteiger partial charge in [-0.05, 0) is 24.1 Å². The van der Waals surface area contributed by atoms with Crippen LogP contribution < -0.4 is 0 Å². The zero-order valence-corrected chi connectivity index (χ0v) is 14.1. The van der Waals surface area contributed by atoms with Crippen LogP contribution in [0.1, 0.15) is 12.0 Å². The summed E-state index contributed by atoms with van der Waals surface area (Å²) >= 11 is 6.00. The van der Waals surface area contributed by atoms with Gasteiger partial charge in [-0.25, -0.2) is 0 Å². The van der Waals surface area contributed by atoms with Crippen molar-refractivity contribution in [3.05, 3.63) is 35.0 Å². The van der Waals surface area contributed by atoms with E-state index in [1.807, 2.05) is 29.3 Å². The quantitative estimate of drug-likeness (QED) is 0.913. The Morgan fingerprint density at radius 3 is 3.00 bits per heavy atom. The van der Waals surface area contributed by atoms with Crippen molar-refractivity contribution in [1.29, 1.82) is 0 Å². The van der Waals surface area contributed by atoms with Crippen molar-refractivity contribution in [2.45, 2.75) is 25.0 Å². The minimum Gasteiger partial charge on any atom is -0.383 e. The molecule has 0 unspecified atom stereocenters. The summed E-state index contributed by atoms with van der Waals surface area (Å²) in [4.78, 5) is 17.8. The van der Waals surface area contributed by atoms with Gasteiger partial charge in [-0.2, -0.15) is 0 Å². The molecular weight excluding hydrogens is 316 g/mol. The predicted molar refractivity (Wildman–Crippen MR) is 89.8 cm³/mol. The molecule has 0 radical (unpaired) electrons. The summed E-state index contributed by atoms with van der Waals surface area (Å²) < 4.78 is 10.7. The number of carbonyl (C=O) groups excluding carboxylic acids is 1. The van der Waals surface area contributed by atoms with Crippen molar-refractivity contribution in [2.24, 2.45) is 0 Å². The highest BCUT2D eigenvalue weighted by molar-refractivity contribution is 6.31. The van der Waals surface area contributed by atoms with Crippen LogP contribution in [0.3, 0.4) is 0 Å². The Balaban J connectivity index is 1.77. The number of benzene rings is 1. The van der Waals surface area contributed by atoms with Crippen LogP contribution in [0.5, 0.6) is 0 Å². The van der Waals surface area contributed by atoms with Crippen LogP contribution in [0.2, 0.25) is 5.02 Å². The Labute approximate surface area is 140 Å². The summed E-state index contributed by atoms with van der Waals surface area (Å²) in [7, 11) is 3.35. The van der Waals surface area contributed by atoms with Gasteiger partial charge in [0.15, 0.2) is 0 Å². The fraction of sp³-hybridized carbons (Fsp3) is 0.471. The molecule has 2 aromatic rings. The van der Waals surface area contributed by atoms with Gasteiger partial charge in [0.05, 0.1) is 25.2 Å². The summed E-state index contributed by atoms with van der Waals surface area (Å²) in [5.41, 5.74) is 1.93. The maximum atomic E-state index is 12.7. The third-order valence-electron chi connectivity index (χ3n) is 4.46. The van der Waals surface area contributed by atoms with E-state index >= 15 is 0 Å². The summed E-state index contributed by atoms with van der Waals surface area (Å²) in [6.07, 6.45) is 3.15. The molecule has 124 valence electrons. The van der Waals surface area contributed by atoms with Crippen LogP contribution in [-0.4, -0.2) is 55.3 Å². The number of likely N-dealkylation sites (tertiary alicyclic amines) is 1. The molecule has 0 spiro atoms. The Hall–Kier alpha value is -1.56. The van der Waals surface area contributed by atoms with Gasteiger partial charge in [-0.3, -0.25) is 4.79 Å². The van der Waals surface area contributed by atoms with Crippen LogP contribution in [0, 0.1) is 0 Å². The Kier molecular flexibility index (Phi) is 4.90. The van der Waals surface area contributed by atoms with E-state index in [-0.39, 0.29) is 18.1 Å². The molecule has 0 saturated carbocycles. The minimum absolute atomic E-state index is 0.0806. The fourth-order valence-corrected chi connectivity index (χ4v) is 3.44. The van der Waals surface area contributed by atoms with Crippen molar-refractivity contribution in [3.63, 3.8) is 0 Å². The van der Waals surface area contributed by atoms with Gasteiger partial charge in [-0.15, -0.1) is 0 Å². The predicted octanol–water partition coefficient (Wildman–Crippen LogP) is 2.63. The van der Waals surface area contributed by atoms with E-state index < -0.39 is 0 Å². The summed E-state index contributed by atoms with van der Waals surface area (Å²) in [5, 5.41) is 1.72. The number of nitrogens with one attached hydrogen (secondary N) is 1. The first-order chi connectivity index (χ1) is 11.1. The number of ether oxygens (including phenoxy) is 2. The third kappa shape index (κ3) is 3.37. The Morgan fingerprint density at radius 1 is 1.43 bits per heavy atom. The first kappa shape index (κ1) is 16.3. The second-order valence-electron chi connectivity index (χ2n) is 5.93. The van der Waals surface area contributed by atoms with Gasteiger partial charge < -0.3 is 19.4 Å². The van der Waals surface area contributed by atoms with E-state index in [1.54, 1.807) is 14.2 Å². The number of carbonyl (C=O) groups is 1. The lowest BCUT2D eigenvalue weighted by atomic mass is 10.1. The molecule has 3 rings (SSSR count). The molecule has 1 saturated heterocycles. The molecule has 1 aliphatic heterocycles. The lowest BCUT2D eigenvalue weighted by Gasteiger charge is -2.23. The Bertz CT molecular complexity index is 700. The number of hydrogen-bond acceptors (Lipinski definition) is 3. The standard InChI is InChI=1S/C17H21ClN2O3/c1-22-10-13-7-14(23-2)9-20(13)17(21)5-11-8-19-16-6-12(18)3-4-15(11)16/h3-4,6,8,13-14,19H,5,7,9-10H2,1-2H3/t13-,14-/m0/s1. The second kappa shape index (κ2) is 6.91. The number of amides is 1. The van der Waals surface area contributed by atoms with Gasteiger partial charge in [0, 0.05) is 42.9 Å². The topological polar surface area (TPSA) is 54.6 Å². The fourth-order valence-electron chi connectivity index (χ4n) is 3.27. The molecule has 2 atom stereocenters. The Morgan fingerprint density at radius 2 is 2.26 bits per heavy atom. The van der Waals surface area contributed by atoms with E-state index in [4.69, 9.17) is 21.1 Å². The smallest absolute Gasteiger partial charge is 0.227 e. The summed E-state index contributed by atoms with van der Waals surface area (Å²) in [6.45, 7) is 1.16. The number of rotatable bonds is 5. The van der Waals surface area contributed by atoms with Crippen molar-refractivity contribution >= 4 is 28.4 Å². The lowest BCUT2D eigenvalue weighted by molar-refractivity contribution is -0.132. The van der Waals surface area contributed by atoms with E-state index in [1.165, 1.54) is 0 Å². The molecule has 0 bridgehead atoms. The van der Waals surface area contributed by atoms with Crippen LogP contribution in [-0.2, 0) is 20.7 Å². The van der Waals surface area contributed by atoms with Gasteiger partial charge in [-0.1, -0.05) is 17.7 Å². The van der Waals surface area contributed by atoms with Crippen LogP contribution in [0.25, 0.3) is 10.9 Å². The first-order valence-electron chi connectivity index (χ1n) is 7.69. The van der Waals surface area contributed by atoms with Crippen LogP contribution in [0.15, 0.2) is 24.4 Å². The van der Waals surface area contributed by atoms with Crippen molar-refractivity contribution in [2.75, 3.05) is 27.4 Å². The maximum Gasteiger partial charge on any atom is 0.227 e. The van der Waals surface area contributed by atoms with Gasteiger partial charge in [0.1, 0.15) is 0 Å². The summed E-state index contributed by atoms with van der Waals surface area (Å²) in [5.74, 6) is 0.0995. The molecule has 0 aliphatic carbocycles. The monoisotopic (exact) mass is 336 g/mol. The molecule has 2 heterocycles. The lowest BCUT2D eigenvalue weighted by Crippen LogP contribution is -2.39. The second-order valence-corrected chi connectivity index (χ2v) is 6.37. The molecule has 5 nitrogen and oxygen atoms in total. The van der Waals surface area contributed by atoms with Crippen molar-refractivity contribution in [1.82, 2.24) is 9.88 Å². The molecule has 1 aromatic heterocycles. The highest BCUT2D eigenvalue weighted by Crippen LogP contribution is 2.25. The number of methoxy groups -OCH3 is 2. The van der Waals surface area contributed by atoms with E-state index in [9.17, 15) is 4.79 Å². The zero-order valence-electron chi connectivity index (χ0n) is 13.3. The highest BCUT2D eigenvalue weighted by atomic mass is 35.5. The molecule has 6 heteroatoms.